The smallest absolute Gasteiger partial charge is 0.222 e. The maximum Gasteiger partial charge on any atom is 0.222 e. The largest absolute Gasteiger partial charge is 0.368 e. The highest BCUT2D eigenvalue weighted by Crippen LogP contribution is 2.33. The number of hydrogen-bond donors (Lipinski definition) is 2. The van der Waals surface area contributed by atoms with Gasteiger partial charge in [0.05, 0.1) is 33.5 Å². The number of fused-ring (bicyclic) bond motifs is 1. The summed E-state index contributed by atoms with van der Waals surface area (Å²) in [7, 11) is 1.72. The van der Waals surface area contributed by atoms with E-state index in [-0.39, 0.29) is 17.9 Å². The van der Waals surface area contributed by atoms with Gasteiger partial charge in [0.25, 0.3) is 0 Å². The topological polar surface area (TPSA) is 101 Å². The van der Waals surface area contributed by atoms with Gasteiger partial charge in [0, 0.05) is 38.3 Å². The zero-order valence-corrected chi connectivity index (χ0v) is 19.9. The lowest BCUT2D eigenvalue weighted by atomic mass is 10.1. The highest BCUT2D eigenvalue weighted by atomic mass is 35.5. The maximum atomic E-state index is 12.1. The molecule has 4 aromatic rings. The van der Waals surface area contributed by atoms with Crippen LogP contribution in [-0.4, -0.2) is 43.8 Å². The number of benzene rings is 1. The van der Waals surface area contributed by atoms with Gasteiger partial charge in [-0.05, 0) is 30.7 Å². The number of nitrogens with two attached hydrogens (primary N) is 1. The molecular weight excluding hydrogens is 461 g/mol. The summed E-state index contributed by atoms with van der Waals surface area (Å²) in [6, 6.07) is 10.7. The fourth-order valence-corrected chi connectivity index (χ4v) is 4.06. The average Bonchev–Trinajstić information content (AvgIpc) is 3.16. The Kier molecular flexibility index (Phi) is 6.40. The van der Waals surface area contributed by atoms with Crippen molar-refractivity contribution in [1.82, 2.24) is 24.3 Å². The highest BCUT2D eigenvalue weighted by Gasteiger charge is 2.23. The van der Waals surface area contributed by atoms with Crippen molar-refractivity contribution in [1.29, 1.82) is 0 Å². The van der Waals surface area contributed by atoms with E-state index in [4.69, 9.17) is 28.9 Å². The summed E-state index contributed by atoms with van der Waals surface area (Å²) in [5.41, 5.74) is 9.26. The van der Waals surface area contributed by atoms with E-state index >= 15 is 0 Å². The molecule has 0 aliphatic carbocycles. The third-order valence-corrected chi connectivity index (χ3v) is 6.37. The standard InChI is InChI=1S/C23H23Cl2N7O/c1-13-27-10-16-8-7-15(12-32(13)16)19-9-21(30-23(26)29-19)28-11-20(31(3)14(2)33)17-5-4-6-18(24)22(17)25/h4-10,12,20H,11H2,1-3H3,(H3,26,28,29,30). The van der Waals surface area contributed by atoms with Gasteiger partial charge in [-0.25, -0.2) is 9.97 Å². The number of aryl methyl sites for hydroxylation is 1. The second kappa shape index (κ2) is 9.25. The molecule has 10 heteroatoms. The number of carbonyl (C=O) groups is 1. The van der Waals surface area contributed by atoms with Crippen LogP contribution in [0.2, 0.25) is 10.0 Å². The van der Waals surface area contributed by atoms with E-state index in [0.29, 0.717) is 28.1 Å². The van der Waals surface area contributed by atoms with Gasteiger partial charge in [-0.15, -0.1) is 0 Å². The molecular formula is C23H23Cl2N7O. The van der Waals surface area contributed by atoms with E-state index < -0.39 is 0 Å². The van der Waals surface area contributed by atoms with E-state index in [0.717, 1.165) is 22.5 Å². The molecule has 3 N–H and O–H groups in total. The Hall–Kier alpha value is -3.36. The molecule has 4 rings (SSSR count). The zero-order chi connectivity index (χ0) is 23.7. The first-order valence-corrected chi connectivity index (χ1v) is 11.0. The molecule has 0 aliphatic heterocycles. The Morgan fingerprint density at radius 1 is 1.24 bits per heavy atom. The van der Waals surface area contributed by atoms with Crippen LogP contribution in [0.5, 0.6) is 0 Å². The number of hydrogen-bond acceptors (Lipinski definition) is 6. The molecule has 1 aromatic carbocycles. The van der Waals surface area contributed by atoms with Gasteiger partial charge in [-0.2, -0.15) is 4.98 Å². The Balaban J connectivity index is 1.64. The van der Waals surface area contributed by atoms with Crippen LogP contribution in [0.25, 0.3) is 16.8 Å². The number of aromatic nitrogens is 4. The molecule has 1 atom stereocenters. The first-order chi connectivity index (χ1) is 15.7. The van der Waals surface area contributed by atoms with Gasteiger partial charge < -0.3 is 20.4 Å². The normalized spacial score (nSPS) is 12.0. The van der Waals surface area contributed by atoms with Crippen molar-refractivity contribution in [3.8, 4) is 11.3 Å². The van der Waals surface area contributed by atoms with Crippen molar-refractivity contribution >= 4 is 46.4 Å². The number of halogens is 2. The number of nitrogen functional groups attached to an aromatic ring is 1. The van der Waals surface area contributed by atoms with E-state index in [9.17, 15) is 4.79 Å². The number of rotatable bonds is 6. The van der Waals surface area contributed by atoms with Crippen molar-refractivity contribution in [3.05, 3.63) is 70.2 Å². The molecule has 0 fully saturated rings. The molecule has 0 saturated heterocycles. The highest BCUT2D eigenvalue weighted by molar-refractivity contribution is 6.42. The van der Waals surface area contributed by atoms with Crippen molar-refractivity contribution in [3.63, 3.8) is 0 Å². The lowest BCUT2D eigenvalue weighted by molar-refractivity contribution is -0.129. The predicted octanol–water partition coefficient (Wildman–Crippen LogP) is 4.62. The number of likely N-dealkylation sites (N-methyl/N-ethyl adjacent to an activating group) is 1. The molecule has 0 aliphatic rings. The van der Waals surface area contributed by atoms with Crippen LogP contribution in [0.15, 0.2) is 48.8 Å². The molecule has 170 valence electrons. The third kappa shape index (κ3) is 4.72. The molecule has 1 amide bonds. The fraction of sp³-hybridized carbons (Fsp3) is 0.217. The molecule has 0 radical (unpaired) electrons. The SMILES string of the molecule is CC(=O)N(C)C(CNc1cc(-c2ccc3cnc(C)n3c2)nc(N)n1)c1cccc(Cl)c1Cl. The summed E-state index contributed by atoms with van der Waals surface area (Å²) in [5, 5.41) is 4.11. The van der Waals surface area contributed by atoms with Gasteiger partial charge in [0.1, 0.15) is 11.6 Å². The van der Waals surface area contributed by atoms with E-state index in [1.165, 1.54) is 6.92 Å². The quantitative estimate of drug-likeness (QED) is 0.414. The molecule has 3 aromatic heterocycles. The van der Waals surface area contributed by atoms with Gasteiger partial charge in [-0.1, -0.05) is 35.3 Å². The third-order valence-electron chi connectivity index (χ3n) is 5.53. The van der Waals surface area contributed by atoms with Crippen LogP contribution in [0, 0.1) is 6.92 Å². The average molecular weight is 484 g/mol. The minimum atomic E-state index is -0.377. The Morgan fingerprint density at radius 3 is 2.79 bits per heavy atom. The van der Waals surface area contributed by atoms with Crippen molar-refractivity contribution < 1.29 is 4.79 Å². The monoisotopic (exact) mass is 483 g/mol. The Bertz CT molecular complexity index is 1340. The molecule has 1 unspecified atom stereocenters. The molecule has 0 saturated carbocycles. The van der Waals surface area contributed by atoms with Crippen molar-refractivity contribution in [2.24, 2.45) is 0 Å². The second-order valence-corrected chi connectivity index (χ2v) is 8.47. The number of pyridine rings is 1. The lowest BCUT2D eigenvalue weighted by Gasteiger charge is -2.29. The Labute approximate surface area is 201 Å². The fourth-order valence-electron chi connectivity index (χ4n) is 3.63. The second-order valence-electron chi connectivity index (χ2n) is 7.68. The number of imidazole rings is 1. The minimum Gasteiger partial charge on any atom is -0.368 e. The first kappa shape index (κ1) is 22.8. The van der Waals surface area contributed by atoms with Gasteiger partial charge in [-0.3, -0.25) is 4.79 Å². The molecule has 0 bridgehead atoms. The molecule has 3 heterocycles. The van der Waals surface area contributed by atoms with Crippen LogP contribution in [0.4, 0.5) is 11.8 Å². The summed E-state index contributed by atoms with van der Waals surface area (Å²) < 4.78 is 1.99. The summed E-state index contributed by atoms with van der Waals surface area (Å²) >= 11 is 12.7. The van der Waals surface area contributed by atoms with Gasteiger partial charge in [0.2, 0.25) is 11.9 Å². The van der Waals surface area contributed by atoms with E-state index in [1.54, 1.807) is 24.1 Å². The van der Waals surface area contributed by atoms with Crippen LogP contribution < -0.4 is 11.1 Å². The maximum absolute atomic E-state index is 12.1. The molecule has 33 heavy (non-hydrogen) atoms. The predicted molar refractivity (Wildman–Crippen MR) is 132 cm³/mol. The molecule has 0 spiro atoms. The summed E-state index contributed by atoms with van der Waals surface area (Å²) in [6.45, 7) is 3.77. The van der Waals surface area contributed by atoms with Gasteiger partial charge >= 0.3 is 0 Å². The van der Waals surface area contributed by atoms with E-state index in [1.807, 2.05) is 48.0 Å². The van der Waals surface area contributed by atoms with Crippen LogP contribution in [-0.2, 0) is 4.79 Å². The lowest BCUT2D eigenvalue weighted by Crippen LogP contribution is -2.34. The Morgan fingerprint density at radius 2 is 2.03 bits per heavy atom. The summed E-state index contributed by atoms with van der Waals surface area (Å²) in [6.07, 6.45) is 3.77. The first-order valence-electron chi connectivity index (χ1n) is 10.2. The number of nitrogens with zero attached hydrogens (tertiary/aromatic N) is 5. The molecule has 8 nitrogen and oxygen atoms in total. The van der Waals surface area contributed by atoms with Crippen LogP contribution in [0.3, 0.4) is 0 Å². The number of carbonyl (C=O) groups excluding carboxylic acids is 1. The van der Waals surface area contributed by atoms with Gasteiger partial charge in [0.15, 0.2) is 0 Å². The van der Waals surface area contributed by atoms with Crippen LogP contribution in [0.1, 0.15) is 24.4 Å². The van der Waals surface area contributed by atoms with E-state index in [2.05, 4.69) is 20.3 Å². The number of anilines is 2. The van der Waals surface area contributed by atoms with Crippen LogP contribution >= 0.6 is 23.2 Å². The zero-order valence-electron chi connectivity index (χ0n) is 18.4. The van der Waals surface area contributed by atoms with Crippen molar-refractivity contribution in [2.75, 3.05) is 24.6 Å². The minimum absolute atomic E-state index is 0.107. The summed E-state index contributed by atoms with van der Waals surface area (Å²) in [4.78, 5) is 26.8. The summed E-state index contributed by atoms with van der Waals surface area (Å²) in [5.74, 6) is 1.43. The number of amides is 1. The van der Waals surface area contributed by atoms with Crippen molar-refractivity contribution in [2.45, 2.75) is 19.9 Å². The number of nitrogens with one attached hydrogen (secondary N) is 1.